The molecule has 0 amide bonds. The van der Waals surface area contributed by atoms with Crippen molar-refractivity contribution >= 4 is 46.2 Å². The zero-order chi connectivity index (χ0) is 24.1. The first-order valence-corrected chi connectivity index (χ1v) is 11.0. The molecule has 0 aromatic heterocycles. The molecule has 0 saturated heterocycles. The normalized spacial score (nSPS) is 17.6. The van der Waals surface area contributed by atoms with E-state index in [1.165, 1.54) is 30.2 Å². The molecule has 1 atom stereocenters. The Morgan fingerprint density at radius 1 is 1.12 bits per heavy atom. The van der Waals surface area contributed by atoms with Crippen LogP contribution in [0.15, 0.2) is 53.2 Å². The van der Waals surface area contributed by atoms with E-state index >= 15 is 0 Å². The summed E-state index contributed by atoms with van der Waals surface area (Å²) in [5, 5.41) is 7.18. The van der Waals surface area contributed by atoms with E-state index in [9.17, 15) is 13.2 Å². The van der Waals surface area contributed by atoms with Gasteiger partial charge < -0.3 is 10.2 Å². The van der Waals surface area contributed by atoms with Crippen LogP contribution in [-0.2, 0) is 10.4 Å². The number of allylic oxidation sites excluding steroid dienone is 2. The Hall–Kier alpha value is -1.89. The van der Waals surface area contributed by atoms with Gasteiger partial charge in [-0.2, -0.15) is 13.2 Å². The maximum atomic E-state index is 13.9. The lowest BCUT2D eigenvalue weighted by atomic mass is 9.86. The van der Waals surface area contributed by atoms with Crippen LogP contribution < -0.4 is 5.32 Å². The summed E-state index contributed by atoms with van der Waals surface area (Å²) in [4.78, 5) is 4.96. The molecule has 0 bridgehead atoms. The molecule has 0 aliphatic carbocycles. The summed E-state index contributed by atoms with van der Waals surface area (Å²) in [5.74, 6) is 0. The number of oxime groups is 1. The van der Waals surface area contributed by atoms with E-state index in [0.717, 1.165) is 0 Å². The van der Waals surface area contributed by atoms with Gasteiger partial charge in [0.2, 0.25) is 0 Å². The lowest BCUT2D eigenvalue weighted by Gasteiger charge is -2.29. The first kappa shape index (κ1) is 26.4. The fourth-order valence-corrected chi connectivity index (χ4v) is 3.89. The fraction of sp³-hybridized carbons (Fsp3) is 0.348. The monoisotopic (exact) mass is 506 g/mol. The van der Waals surface area contributed by atoms with Crippen LogP contribution in [0.5, 0.6) is 0 Å². The van der Waals surface area contributed by atoms with E-state index in [2.05, 4.69) is 37.3 Å². The Balaban J connectivity index is 0.000000534. The van der Waals surface area contributed by atoms with E-state index in [1.807, 2.05) is 0 Å². The van der Waals surface area contributed by atoms with Gasteiger partial charge in [-0.15, -0.1) is 0 Å². The van der Waals surface area contributed by atoms with Gasteiger partial charge in [0.1, 0.15) is 0 Å². The summed E-state index contributed by atoms with van der Waals surface area (Å²) in [7, 11) is 1.66. The molecular weight excluding hydrogens is 484 g/mol. The second kappa shape index (κ2) is 10.8. The molecule has 3 rings (SSSR count). The molecule has 1 aliphatic rings. The third-order valence-electron chi connectivity index (χ3n) is 4.70. The van der Waals surface area contributed by atoms with Gasteiger partial charge in [-0.1, -0.05) is 64.6 Å². The Kier molecular flexibility index (Phi) is 8.91. The number of nitrogens with zero attached hydrogens (tertiary/aromatic N) is 1. The van der Waals surface area contributed by atoms with E-state index in [-0.39, 0.29) is 21.3 Å². The second-order valence-corrected chi connectivity index (χ2v) is 8.70. The van der Waals surface area contributed by atoms with Crippen LogP contribution in [-0.4, -0.2) is 18.9 Å². The SMILES string of the molecule is CCC=C(C)C.CNc1cc(C2=NOC(c3cc(Cl)cc(Cl)c3)(C(F)(F)F)C2)ccc1Cl. The van der Waals surface area contributed by atoms with Gasteiger partial charge in [-0.25, -0.2) is 0 Å². The Bertz CT molecular complexity index is 998. The van der Waals surface area contributed by atoms with Crippen molar-refractivity contribution in [3.05, 3.63) is 74.2 Å². The summed E-state index contributed by atoms with van der Waals surface area (Å²) < 4.78 is 41.8. The predicted molar refractivity (Wildman–Crippen MR) is 127 cm³/mol. The predicted octanol–water partition coefficient (Wildman–Crippen LogP) is 8.63. The van der Waals surface area contributed by atoms with Crippen molar-refractivity contribution < 1.29 is 18.0 Å². The van der Waals surface area contributed by atoms with Gasteiger partial charge >= 0.3 is 6.18 Å². The lowest BCUT2D eigenvalue weighted by molar-refractivity contribution is -0.275. The van der Waals surface area contributed by atoms with Crippen LogP contribution >= 0.6 is 34.8 Å². The van der Waals surface area contributed by atoms with E-state index < -0.39 is 18.2 Å². The zero-order valence-electron chi connectivity index (χ0n) is 18.1. The molecule has 3 nitrogen and oxygen atoms in total. The quantitative estimate of drug-likeness (QED) is 0.420. The molecular formula is C23H24Cl3F3N2O. The summed E-state index contributed by atoms with van der Waals surface area (Å²) in [6, 6.07) is 8.49. The van der Waals surface area contributed by atoms with Crippen LogP contribution in [0.25, 0.3) is 0 Å². The van der Waals surface area contributed by atoms with Crippen molar-refractivity contribution in [2.24, 2.45) is 5.16 Å². The molecule has 1 heterocycles. The number of halogens is 6. The van der Waals surface area contributed by atoms with Gasteiger partial charge in [-0.3, -0.25) is 0 Å². The fourth-order valence-electron chi connectivity index (χ4n) is 3.15. The van der Waals surface area contributed by atoms with Gasteiger partial charge in [0.05, 0.1) is 16.4 Å². The van der Waals surface area contributed by atoms with Gasteiger partial charge in [-0.05, 0) is 50.6 Å². The molecule has 2 aromatic rings. The minimum atomic E-state index is -4.73. The molecule has 0 saturated carbocycles. The maximum Gasteiger partial charge on any atom is 0.435 e. The van der Waals surface area contributed by atoms with E-state index in [0.29, 0.717) is 16.3 Å². The molecule has 0 spiro atoms. The Labute approximate surface area is 201 Å². The molecule has 1 N–H and O–H groups in total. The number of hydrogen-bond acceptors (Lipinski definition) is 3. The summed E-state index contributed by atoms with van der Waals surface area (Å²) in [5.41, 5.74) is -0.260. The van der Waals surface area contributed by atoms with Crippen LogP contribution in [0.2, 0.25) is 15.1 Å². The highest BCUT2D eigenvalue weighted by atomic mass is 35.5. The second-order valence-electron chi connectivity index (χ2n) is 7.42. The van der Waals surface area contributed by atoms with Crippen LogP contribution in [0.4, 0.5) is 18.9 Å². The van der Waals surface area contributed by atoms with Crippen molar-refractivity contribution in [1.82, 2.24) is 0 Å². The summed E-state index contributed by atoms with van der Waals surface area (Å²) in [6.07, 6.45) is -1.87. The number of rotatable bonds is 4. The first-order valence-electron chi connectivity index (χ1n) is 9.83. The Morgan fingerprint density at radius 2 is 1.75 bits per heavy atom. The van der Waals surface area contributed by atoms with Crippen molar-refractivity contribution in [2.75, 3.05) is 12.4 Å². The summed E-state index contributed by atoms with van der Waals surface area (Å²) in [6.45, 7) is 6.38. The molecule has 1 aliphatic heterocycles. The highest BCUT2D eigenvalue weighted by molar-refractivity contribution is 6.34. The van der Waals surface area contributed by atoms with Gasteiger partial charge in [0, 0.05) is 34.6 Å². The van der Waals surface area contributed by atoms with Crippen molar-refractivity contribution in [2.45, 2.75) is 45.4 Å². The van der Waals surface area contributed by atoms with Crippen molar-refractivity contribution in [3.63, 3.8) is 0 Å². The minimum absolute atomic E-state index is 0.0807. The average molecular weight is 508 g/mol. The molecule has 9 heteroatoms. The van der Waals surface area contributed by atoms with Gasteiger partial charge in [0.15, 0.2) is 0 Å². The third-order valence-corrected chi connectivity index (χ3v) is 5.46. The molecule has 32 heavy (non-hydrogen) atoms. The van der Waals surface area contributed by atoms with E-state index in [1.54, 1.807) is 25.2 Å². The van der Waals surface area contributed by atoms with Crippen LogP contribution in [0.3, 0.4) is 0 Å². The summed E-state index contributed by atoms with van der Waals surface area (Å²) >= 11 is 17.8. The average Bonchev–Trinajstić information content (AvgIpc) is 3.15. The largest absolute Gasteiger partial charge is 0.435 e. The van der Waals surface area contributed by atoms with E-state index in [4.69, 9.17) is 39.6 Å². The lowest BCUT2D eigenvalue weighted by Crippen LogP contribution is -2.42. The number of anilines is 1. The highest BCUT2D eigenvalue weighted by Crippen LogP contribution is 2.49. The standard InChI is InChI=1S/C17H12Cl3F3N2O.C6H12/c1-24-14-4-9(2-3-13(14)20)15-8-16(26-25-15,17(21,22)23)10-5-11(18)7-12(19)6-10;1-4-5-6(2)3/h2-7,24H,8H2,1H3;5H,4H2,1-3H3. The van der Waals surface area contributed by atoms with Gasteiger partial charge in [0.25, 0.3) is 5.60 Å². The smallest absolute Gasteiger partial charge is 0.387 e. The van der Waals surface area contributed by atoms with Crippen molar-refractivity contribution in [1.29, 1.82) is 0 Å². The molecule has 0 radical (unpaired) electrons. The molecule has 174 valence electrons. The maximum absolute atomic E-state index is 13.9. The highest BCUT2D eigenvalue weighted by Gasteiger charge is 2.62. The van der Waals surface area contributed by atoms with Crippen molar-refractivity contribution in [3.8, 4) is 0 Å². The number of nitrogens with one attached hydrogen (secondary N) is 1. The number of hydrogen-bond donors (Lipinski definition) is 1. The van der Waals surface area contributed by atoms with Crippen LogP contribution in [0, 0.1) is 0 Å². The zero-order valence-corrected chi connectivity index (χ0v) is 20.3. The molecule has 2 aromatic carbocycles. The number of benzene rings is 2. The van der Waals surface area contributed by atoms with Crippen LogP contribution in [0.1, 0.15) is 44.7 Å². The molecule has 0 fully saturated rings. The Morgan fingerprint density at radius 3 is 2.22 bits per heavy atom. The first-order chi connectivity index (χ1) is 14.9. The third kappa shape index (κ3) is 6.12. The number of alkyl halides is 3. The molecule has 1 unspecified atom stereocenters. The topological polar surface area (TPSA) is 33.6 Å². The minimum Gasteiger partial charge on any atom is -0.387 e.